The van der Waals surface area contributed by atoms with E-state index in [-0.39, 0.29) is 18.4 Å². The number of rotatable bonds is 5. The second-order valence-electron chi connectivity index (χ2n) is 6.46. The number of carbonyl (C=O) groups is 3. The van der Waals surface area contributed by atoms with E-state index >= 15 is 0 Å². The molecule has 1 aliphatic rings. The number of ether oxygens (including phenoxy) is 1. The summed E-state index contributed by atoms with van der Waals surface area (Å²) >= 11 is 0. The molecule has 0 aliphatic carbocycles. The van der Waals surface area contributed by atoms with Gasteiger partial charge >= 0.3 is 5.97 Å². The Morgan fingerprint density at radius 2 is 1.52 bits per heavy atom. The number of carboxylic acid groups (broad SMARTS) is 1. The van der Waals surface area contributed by atoms with Gasteiger partial charge in [-0.2, -0.15) is 0 Å². The minimum absolute atomic E-state index is 0.00863. The smallest absolute Gasteiger partial charge is 0.312 e. The molecule has 0 radical (unpaired) electrons. The van der Waals surface area contributed by atoms with E-state index in [2.05, 4.69) is 0 Å². The van der Waals surface area contributed by atoms with Crippen LogP contribution < -0.4 is 9.64 Å². The number of carbonyl (C=O) groups excluding carboxylic acids is 2. The predicted molar refractivity (Wildman–Crippen MR) is 90.9 cm³/mol. The van der Waals surface area contributed by atoms with Gasteiger partial charge in [0.1, 0.15) is 12.4 Å². The first-order chi connectivity index (χ1) is 11.8. The Hall–Kier alpha value is -3.15. The van der Waals surface area contributed by atoms with Crippen LogP contribution in [0.3, 0.4) is 0 Å². The molecule has 128 valence electrons. The first-order valence-corrected chi connectivity index (χ1v) is 7.75. The average molecular weight is 339 g/mol. The third-order valence-electron chi connectivity index (χ3n) is 4.07. The van der Waals surface area contributed by atoms with Crippen LogP contribution in [-0.4, -0.2) is 29.5 Å². The molecule has 0 atom stereocenters. The van der Waals surface area contributed by atoms with E-state index in [1.54, 1.807) is 62.4 Å². The predicted octanol–water partition coefficient (Wildman–Crippen LogP) is 2.98. The zero-order valence-corrected chi connectivity index (χ0v) is 13.9. The molecule has 0 unspecified atom stereocenters. The van der Waals surface area contributed by atoms with Crippen LogP contribution in [0, 0.1) is 5.41 Å². The minimum Gasteiger partial charge on any atom is -0.492 e. The summed E-state index contributed by atoms with van der Waals surface area (Å²) in [6.07, 6.45) is 0. The SMILES string of the molecule is CC(C)(COc1ccc(N2C(=O)c3ccccc3C2=O)cc1)C(=O)O. The molecule has 0 aromatic heterocycles. The zero-order valence-electron chi connectivity index (χ0n) is 13.9. The van der Waals surface area contributed by atoms with E-state index in [4.69, 9.17) is 9.84 Å². The maximum absolute atomic E-state index is 12.4. The fourth-order valence-electron chi connectivity index (χ4n) is 2.44. The van der Waals surface area contributed by atoms with Gasteiger partial charge < -0.3 is 9.84 Å². The Morgan fingerprint density at radius 3 is 2.00 bits per heavy atom. The van der Waals surface area contributed by atoms with Crippen LogP contribution >= 0.6 is 0 Å². The van der Waals surface area contributed by atoms with Crippen molar-refractivity contribution < 1.29 is 24.2 Å². The highest BCUT2D eigenvalue weighted by atomic mass is 16.5. The van der Waals surface area contributed by atoms with Crippen molar-refractivity contribution in [2.24, 2.45) is 5.41 Å². The maximum Gasteiger partial charge on any atom is 0.312 e. The summed E-state index contributed by atoms with van der Waals surface area (Å²) in [4.78, 5) is 37.1. The fourth-order valence-corrected chi connectivity index (χ4v) is 2.44. The summed E-state index contributed by atoms with van der Waals surface area (Å²) < 4.78 is 5.50. The topological polar surface area (TPSA) is 83.9 Å². The Bertz CT molecular complexity index is 819. The number of benzene rings is 2. The molecule has 0 spiro atoms. The monoisotopic (exact) mass is 339 g/mol. The van der Waals surface area contributed by atoms with Crippen molar-refractivity contribution in [3.63, 3.8) is 0 Å². The second-order valence-corrected chi connectivity index (χ2v) is 6.46. The molecule has 1 N–H and O–H groups in total. The molecule has 0 bridgehead atoms. The van der Waals surface area contributed by atoms with Crippen LogP contribution in [0.15, 0.2) is 48.5 Å². The van der Waals surface area contributed by atoms with E-state index in [1.165, 1.54) is 0 Å². The van der Waals surface area contributed by atoms with Crippen molar-refractivity contribution in [1.29, 1.82) is 0 Å². The van der Waals surface area contributed by atoms with Crippen LogP contribution in [-0.2, 0) is 4.79 Å². The van der Waals surface area contributed by atoms with Gasteiger partial charge in [-0.05, 0) is 50.2 Å². The lowest BCUT2D eigenvalue weighted by Gasteiger charge is -2.20. The van der Waals surface area contributed by atoms with Crippen molar-refractivity contribution in [1.82, 2.24) is 0 Å². The van der Waals surface area contributed by atoms with Crippen molar-refractivity contribution in [2.75, 3.05) is 11.5 Å². The molecule has 6 nitrogen and oxygen atoms in total. The quantitative estimate of drug-likeness (QED) is 0.847. The highest BCUT2D eigenvalue weighted by Gasteiger charge is 2.36. The Kier molecular flexibility index (Phi) is 4.04. The van der Waals surface area contributed by atoms with Crippen LogP contribution in [0.4, 0.5) is 5.69 Å². The van der Waals surface area contributed by atoms with E-state index in [0.29, 0.717) is 22.6 Å². The normalized spacial score (nSPS) is 13.8. The lowest BCUT2D eigenvalue weighted by atomic mass is 9.95. The lowest BCUT2D eigenvalue weighted by molar-refractivity contribution is -0.148. The summed E-state index contributed by atoms with van der Waals surface area (Å²) in [7, 11) is 0. The Labute approximate surface area is 144 Å². The van der Waals surface area contributed by atoms with Crippen molar-refractivity contribution in [3.05, 3.63) is 59.7 Å². The van der Waals surface area contributed by atoms with Gasteiger partial charge in [0.2, 0.25) is 0 Å². The third-order valence-corrected chi connectivity index (χ3v) is 4.07. The highest BCUT2D eigenvalue weighted by Crippen LogP contribution is 2.29. The van der Waals surface area contributed by atoms with E-state index in [9.17, 15) is 14.4 Å². The largest absolute Gasteiger partial charge is 0.492 e. The maximum atomic E-state index is 12.4. The van der Waals surface area contributed by atoms with Gasteiger partial charge in [0, 0.05) is 0 Å². The number of imide groups is 1. The molecule has 6 heteroatoms. The number of fused-ring (bicyclic) bond motifs is 1. The standard InChI is InChI=1S/C19H17NO5/c1-19(2,18(23)24)11-25-13-9-7-12(8-10-13)20-16(21)14-5-3-4-6-15(14)17(20)22/h3-10H,11H2,1-2H3,(H,23,24). The van der Waals surface area contributed by atoms with Crippen LogP contribution in [0.1, 0.15) is 34.6 Å². The molecule has 0 saturated carbocycles. The number of aliphatic carboxylic acids is 1. The van der Waals surface area contributed by atoms with Crippen LogP contribution in [0.25, 0.3) is 0 Å². The summed E-state index contributed by atoms with van der Waals surface area (Å²) in [6.45, 7) is 3.15. The third kappa shape index (κ3) is 2.98. The molecule has 2 aromatic carbocycles. The Balaban J connectivity index is 1.77. The molecule has 0 fully saturated rings. The zero-order chi connectivity index (χ0) is 18.2. The number of anilines is 1. The fraction of sp³-hybridized carbons (Fsp3) is 0.211. The Morgan fingerprint density at radius 1 is 1.00 bits per heavy atom. The van der Waals surface area contributed by atoms with Crippen LogP contribution in [0.5, 0.6) is 5.75 Å². The minimum atomic E-state index is -1.01. The van der Waals surface area contributed by atoms with Gasteiger partial charge in [-0.1, -0.05) is 12.1 Å². The highest BCUT2D eigenvalue weighted by molar-refractivity contribution is 6.34. The molecule has 2 amide bonds. The van der Waals surface area contributed by atoms with Crippen LogP contribution in [0.2, 0.25) is 0 Å². The first-order valence-electron chi connectivity index (χ1n) is 7.75. The molecule has 1 heterocycles. The van der Waals surface area contributed by atoms with Crippen molar-refractivity contribution in [2.45, 2.75) is 13.8 Å². The van der Waals surface area contributed by atoms with Crippen molar-refractivity contribution >= 4 is 23.5 Å². The number of hydrogen-bond donors (Lipinski definition) is 1. The van der Waals surface area contributed by atoms with E-state index in [1.807, 2.05) is 0 Å². The van der Waals surface area contributed by atoms with Gasteiger partial charge in [0.05, 0.1) is 22.2 Å². The average Bonchev–Trinajstić information content (AvgIpc) is 2.85. The molecule has 1 aliphatic heterocycles. The molecule has 0 saturated heterocycles. The molecule has 2 aromatic rings. The second kappa shape index (κ2) is 6.05. The van der Waals surface area contributed by atoms with Gasteiger partial charge in [-0.15, -0.1) is 0 Å². The number of carboxylic acids is 1. The lowest BCUT2D eigenvalue weighted by Crippen LogP contribution is -2.30. The van der Waals surface area contributed by atoms with Gasteiger partial charge in [0.15, 0.2) is 0 Å². The number of nitrogens with zero attached hydrogens (tertiary/aromatic N) is 1. The summed E-state index contributed by atoms with van der Waals surface area (Å²) in [5.41, 5.74) is 0.199. The molecular weight excluding hydrogens is 322 g/mol. The summed E-state index contributed by atoms with van der Waals surface area (Å²) in [5.74, 6) is -1.20. The van der Waals surface area contributed by atoms with Gasteiger partial charge in [-0.25, -0.2) is 4.90 Å². The van der Waals surface area contributed by atoms with E-state index < -0.39 is 11.4 Å². The number of amides is 2. The summed E-state index contributed by atoms with van der Waals surface area (Å²) in [5, 5.41) is 9.09. The first kappa shape index (κ1) is 16.7. The molecular formula is C19H17NO5. The van der Waals surface area contributed by atoms with Crippen molar-refractivity contribution in [3.8, 4) is 5.75 Å². The van der Waals surface area contributed by atoms with Gasteiger partial charge in [-0.3, -0.25) is 14.4 Å². The molecule has 25 heavy (non-hydrogen) atoms. The molecule has 3 rings (SSSR count). The van der Waals surface area contributed by atoms with Gasteiger partial charge in [0.25, 0.3) is 11.8 Å². The van der Waals surface area contributed by atoms with E-state index in [0.717, 1.165) is 4.90 Å². The number of hydrogen-bond acceptors (Lipinski definition) is 4. The summed E-state index contributed by atoms with van der Waals surface area (Å²) in [6, 6.07) is 13.1.